The Labute approximate surface area is 119 Å². The summed E-state index contributed by atoms with van der Waals surface area (Å²) in [6.45, 7) is 0.732. The molecule has 0 aromatic heterocycles. The number of aliphatic hydroxyl groups excluding tert-OH is 1. The molecular formula is C17H20O3. The third-order valence-corrected chi connectivity index (χ3v) is 3.11. The molecule has 0 radical (unpaired) electrons. The molecule has 2 aromatic carbocycles. The van der Waals surface area contributed by atoms with Crippen LogP contribution in [0.25, 0.3) is 0 Å². The molecule has 1 N–H and O–H groups in total. The maximum absolute atomic E-state index is 8.89. The lowest BCUT2D eigenvalue weighted by Gasteiger charge is -2.11. The van der Waals surface area contributed by atoms with E-state index in [0.717, 1.165) is 35.5 Å². The molecule has 0 aliphatic heterocycles. The molecule has 0 aliphatic rings. The van der Waals surface area contributed by atoms with Gasteiger partial charge in [-0.2, -0.15) is 0 Å². The van der Waals surface area contributed by atoms with E-state index >= 15 is 0 Å². The Bertz CT molecular complexity index is 523. The highest BCUT2D eigenvalue weighted by atomic mass is 16.5. The van der Waals surface area contributed by atoms with Crippen LogP contribution in [0.4, 0.5) is 0 Å². The largest absolute Gasteiger partial charge is 0.496 e. The second-order valence-electron chi connectivity index (χ2n) is 4.58. The monoisotopic (exact) mass is 272 g/mol. The molecule has 0 fully saturated rings. The first-order valence-electron chi connectivity index (χ1n) is 6.78. The van der Waals surface area contributed by atoms with E-state index in [0.29, 0.717) is 6.61 Å². The average molecular weight is 272 g/mol. The third-order valence-electron chi connectivity index (χ3n) is 3.11. The Balaban J connectivity index is 2.02. The normalized spacial score (nSPS) is 10.3. The van der Waals surface area contributed by atoms with Crippen LogP contribution in [0.5, 0.6) is 11.5 Å². The van der Waals surface area contributed by atoms with Gasteiger partial charge in [0.1, 0.15) is 18.1 Å². The molecule has 2 rings (SSSR count). The van der Waals surface area contributed by atoms with Crippen LogP contribution in [-0.2, 0) is 13.0 Å². The van der Waals surface area contributed by atoms with E-state index < -0.39 is 0 Å². The van der Waals surface area contributed by atoms with E-state index in [2.05, 4.69) is 0 Å². The fourth-order valence-electron chi connectivity index (χ4n) is 2.03. The summed E-state index contributed by atoms with van der Waals surface area (Å²) < 4.78 is 11.1. The van der Waals surface area contributed by atoms with Gasteiger partial charge in [0, 0.05) is 12.7 Å². The second-order valence-corrected chi connectivity index (χ2v) is 4.58. The van der Waals surface area contributed by atoms with Crippen molar-refractivity contribution in [1.29, 1.82) is 0 Å². The number of hydrogen-bond acceptors (Lipinski definition) is 3. The number of ether oxygens (including phenoxy) is 2. The van der Waals surface area contributed by atoms with Crippen LogP contribution >= 0.6 is 0 Å². The van der Waals surface area contributed by atoms with E-state index in [1.807, 2.05) is 48.5 Å². The number of benzene rings is 2. The van der Waals surface area contributed by atoms with Gasteiger partial charge in [-0.1, -0.05) is 36.4 Å². The van der Waals surface area contributed by atoms with Gasteiger partial charge in [-0.25, -0.2) is 0 Å². The van der Waals surface area contributed by atoms with Gasteiger partial charge in [0.05, 0.1) is 7.11 Å². The molecule has 0 saturated carbocycles. The van der Waals surface area contributed by atoms with Crippen molar-refractivity contribution in [3.8, 4) is 11.5 Å². The van der Waals surface area contributed by atoms with Crippen molar-refractivity contribution < 1.29 is 14.6 Å². The molecule has 0 atom stereocenters. The van der Waals surface area contributed by atoms with Crippen molar-refractivity contribution in [1.82, 2.24) is 0 Å². The van der Waals surface area contributed by atoms with Crippen molar-refractivity contribution in [2.45, 2.75) is 19.4 Å². The van der Waals surface area contributed by atoms with Crippen molar-refractivity contribution >= 4 is 0 Å². The Morgan fingerprint density at radius 1 is 1.05 bits per heavy atom. The van der Waals surface area contributed by atoms with Crippen LogP contribution in [0.15, 0.2) is 48.5 Å². The quantitative estimate of drug-likeness (QED) is 0.841. The zero-order valence-electron chi connectivity index (χ0n) is 11.7. The number of rotatable bonds is 7. The molecule has 20 heavy (non-hydrogen) atoms. The molecule has 0 unspecified atom stereocenters. The van der Waals surface area contributed by atoms with Gasteiger partial charge in [-0.05, 0) is 30.0 Å². The lowest BCUT2D eigenvalue weighted by Crippen LogP contribution is -1.98. The number of aryl methyl sites for hydroxylation is 1. The average Bonchev–Trinajstić information content (AvgIpc) is 2.52. The first-order chi connectivity index (χ1) is 9.83. The maximum atomic E-state index is 8.89. The fourth-order valence-corrected chi connectivity index (χ4v) is 2.03. The lowest BCUT2D eigenvalue weighted by molar-refractivity contribution is 0.287. The summed E-state index contributed by atoms with van der Waals surface area (Å²) in [7, 11) is 1.65. The first-order valence-corrected chi connectivity index (χ1v) is 6.78. The van der Waals surface area contributed by atoms with E-state index in [-0.39, 0.29) is 6.61 Å². The number of methoxy groups -OCH3 is 1. The Morgan fingerprint density at radius 3 is 2.55 bits per heavy atom. The number of aliphatic hydroxyl groups is 1. The van der Waals surface area contributed by atoms with Gasteiger partial charge in [0.15, 0.2) is 0 Å². The summed E-state index contributed by atoms with van der Waals surface area (Å²) in [5.74, 6) is 1.60. The van der Waals surface area contributed by atoms with Gasteiger partial charge < -0.3 is 14.6 Å². The Kier molecular flexibility index (Phi) is 5.44. The van der Waals surface area contributed by atoms with Crippen molar-refractivity contribution in [3.63, 3.8) is 0 Å². The molecule has 0 amide bonds. The van der Waals surface area contributed by atoms with Gasteiger partial charge in [-0.3, -0.25) is 0 Å². The molecule has 0 heterocycles. The minimum absolute atomic E-state index is 0.190. The van der Waals surface area contributed by atoms with Gasteiger partial charge in [0.25, 0.3) is 0 Å². The highest BCUT2D eigenvalue weighted by Crippen LogP contribution is 2.26. The minimum atomic E-state index is 0.190. The number of hydrogen-bond donors (Lipinski definition) is 1. The Morgan fingerprint density at radius 2 is 1.85 bits per heavy atom. The van der Waals surface area contributed by atoms with Crippen LogP contribution in [-0.4, -0.2) is 18.8 Å². The van der Waals surface area contributed by atoms with E-state index in [9.17, 15) is 0 Å². The zero-order valence-corrected chi connectivity index (χ0v) is 11.7. The minimum Gasteiger partial charge on any atom is -0.496 e. The fraction of sp³-hybridized carbons (Fsp3) is 0.294. The highest BCUT2D eigenvalue weighted by Gasteiger charge is 2.05. The molecule has 2 aromatic rings. The second kappa shape index (κ2) is 7.56. The molecule has 3 nitrogen and oxygen atoms in total. The molecule has 3 heteroatoms. The van der Waals surface area contributed by atoms with Crippen molar-refractivity contribution in [3.05, 3.63) is 59.7 Å². The standard InChI is InChI=1S/C17H20O3/c1-19-17-12-16(10-9-15(17)8-5-11-18)20-13-14-6-3-2-4-7-14/h2-4,6-7,9-10,12,18H,5,8,11,13H2,1H3. The van der Waals surface area contributed by atoms with Crippen molar-refractivity contribution in [2.24, 2.45) is 0 Å². The molecule has 0 aliphatic carbocycles. The van der Waals surface area contributed by atoms with Crippen LogP contribution in [0.2, 0.25) is 0 Å². The van der Waals surface area contributed by atoms with Gasteiger partial charge in [0.2, 0.25) is 0 Å². The Hall–Kier alpha value is -2.00. The SMILES string of the molecule is COc1cc(OCc2ccccc2)ccc1CCCO. The predicted molar refractivity (Wildman–Crippen MR) is 79.2 cm³/mol. The maximum Gasteiger partial charge on any atom is 0.125 e. The molecule has 106 valence electrons. The summed E-state index contributed by atoms with van der Waals surface area (Å²) in [4.78, 5) is 0. The summed E-state index contributed by atoms with van der Waals surface area (Å²) in [6, 6.07) is 15.9. The van der Waals surface area contributed by atoms with E-state index in [1.165, 1.54) is 0 Å². The predicted octanol–water partition coefficient (Wildman–Crippen LogP) is 3.20. The van der Waals surface area contributed by atoms with Crippen LogP contribution < -0.4 is 9.47 Å². The topological polar surface area (TPSA) is 38.7 Å². The molecule has 0 bridgehead atoms. The summed E-state index contributed by atoms with van der Waals surface area (Å²) in [5.41, 5.74) is 2.23. The van der Waals surface area contributed by atoms with E-state index in [4.69, 9.17) is 14.6 Å². The van der Waals surface area contributed by atoms with Crippen molar-refractivity contribution in [2.75, 3.05) is 13.7 Å². The summed E-state index contributed by atoms with van der Waals surface area (Å²) >= 11 is 0. The molecular weight excluding hydrogens is 252 g/mol. The zero-order chi connectivity index (χ0) is 14.2. The van der Waals surface area contributed by atoms with Crippen LogP contribution in [0.1, 0.15) is 17.5 Å². The summed E-state index contributed by atoms with van der Waals surface area (Å²) in [5, 5.41) is 8.89. The van der Waals surface area contributed by atoms with Gasteiger partial charge >= 0.3 is 0 Å². The molecule has 0 spiro atoms. The molecule has 0 saturated heterocycles. The lowest BCUT2D eigenvalue weighted by atomic mass is 10.1. The third kappa shape index (κ3) is 4.00. The smallest absolute Gasteiger partial charge is 0.125 e. The van der Waals surface area contributed by atoms with Crippen LogP contribution in [0, 0.1) is 0 Å². The van der Waals surface area contributed by atoms with E-state index in [1.54, 1.807) is 7.11 Å². The highest BCUT2D eigenvalue weighted by molar-refractivity contribution is 5.41. The first kappa shape index (κ1) is 14.4. The summed E-state index contributed by atoms with van der Waals surface area (Å²) in [6.07, 6.45) is 1.54. The van der Waals surface area contributed by atoms with Crippen LogP contribution in [0.3, 0.4) is 0 Å². The van der Waals surface area contributed by atoms with Gasteiger partial charge in [-0.15, -0.1) is 0 Å².